The van der Waals surface area contributed by atoms with Crippen LogP contribution in [0.3, 0.4) is 0 Å². The van der Waals surface area contributed by atoms with Crippen LogP contribution in [0.1, 0.15) is 30.3 Å². The van der Waals surface area contributed by atoms with Gasteiger partial charge in [0.25, 0.3) is 11.8 Å². The minimum absolute atomic E-state index is 0.199. The largest absolute Gasteiger partial charge is 0.357 e. The summed E-state index contributed by atoms with van der Waals surface area (Å²) in [5.41, 5.74) is 0.552. The molecule has 1 atom stereocenters. The van der Waals surface area contributed by atoms with Crippen LogP contribution in [-0.4, -0.2) is 28.4 Å². The summed E-state index contributed by atoms with van der Waals surface area (Å²) in [5, 5.41) is 5.57. The van der Waals surface area contributed by atoms with E-state index < -0.39 is 11.6 Å². The molecule has 7 heteroatoms. The van der Waals surface area contributed by atoms with Crippen molar-refractivity contribution in [3.63, 3.8) is 0 Å². The zero-order valence-corrected chi connectivity index (χ0v) is 13.7. The number of aromatic amines is 1. The maximum Gasteiger partial charge on any atom is 0.329 e. The number of hydrogen-bond acceptors (Lipinski definition) is 3. The van der Waals surface area contributed by atoms with Crippen molar-refractivity contribution in [3.8, 4) is 0 Å². The molecule has 0 radical (unpaired) electrons. The fraction of sp³-hybridized carbons (Fsp3) is 0.278. The number of anilines is 2. The number of carbonyl (C=O) groups excluding carboxylic acids is 3. The van der Waals surface area contributed by atoms with Crippen LogP contribution in [0.4, 0.5) is 16.2 Å². The minimum Gasteiger partial charge on any atom is -0.357 e. The Labute approximate surface area is 144 Å². The summed E-state index contributed by atoms with van der Waals surface area (Å²) < 4.78 is 0. The molecule has 1 aromatic heterocycles. The smallest absolute Gasteiger partial charge is 0.329 e. The van der Waals surface area contributed by atoms with Gasteiger partial charge in [-0.25, -0.2) is 9.69 Å². The first kappa shape index (κ1) is 15.4. The Hall–Kier alpha value is -3.09. The molecular formula is C18H18N4O3. The minimum atomic E-state index is -0.833. The lowest BCUT2D eigenvalue weighted by molar-refractivity contribution is -0.122. The number of imide groups is 1. The SMILES string of the molecule is C[C@@]1(C2CC2)NC(=O)N(c2cccc(NC(=O)c3ccc[nH]3)c2)C1=O. The maximum atomic E-state index is 12.8. The molecule has 1 saturated carbocycles. The third kappa shape index (κ3) is 2.57. The van der Waals surface area contributed by atoms with Crippen molar-refractivity contribution in [1.29, 1.82) is 0 Å². The average molecular weight is 338 g/mol. The molecule has 4 rings (SSSR count). The highest BCUT2D eigenvalue weighted by atomic mass is 16.2. The molecule has 2 fully saturated rings. The molecule has 25 heavy (non-hydrogen) atoms. The van der Waals surface area contributed by atoms with Crippen LogP contribution >= 0.6 is 0 Å². The summed E-state index contributed by atoms with van der Waals surface area (Å²) in [5.74, 6) is -0.334. The molecule has 7 nitrogen and oxygen atoms in total. The fourth-order valence-corrected chi connectivity index (χ4v) is 3.22. The van der Waals surface area contributed by atoms with Crippen molar-refractivity contribution in [1.82, 2.24) is 10.3 Å². The molecule has 2 aromatic rings. The van der Waals surface area contributed by atoms with Crippen molar-refractivity contribution < 1.29 is 14.4 Å². The van der Waals surface area contributed by atoms with E-state index in [4.69, 9.17) is 0 Å². The molecule has 128 valence electrons. The van der Waals surface area contributed by atoms with E-state index in [9.17, 15) is 14.4 Å². The van der Waals surface area contributed by atoms with Crippen molar-refractivity contribution in [2.75, 3.05) is 10.2 Å². The Kier molecular flexibility index (Phi) is 3.38. The molecule has 1 aromatic carbocycles. The molecule has 2 aliphatic rings. The molecule has 1 aliphatic carbocycles. The Bertz CT molecular complexity index is 857. The molecule has 4 amide bonds. The number of nitrogens with one attached hydrogen (secondary N) is 3. The number of benzene rings is 1. The quantitative estimate of drug-likeness (QED) is 0.748. The molecule has 1 saturated heterocycles. The zero-order chi connectivity index (χ0) is 17.6. The molecule has 0 spiro atoms. The Balaban J connectivity index is 1.58. The highest BCUT2D eigenvalue weighted by Crippen LogP contribution is 2.43. The summed E-state index contributed by atoms with van der Waals surface area (Å²) >= 11 is 0. The lowest BCUT2D eigenvalue weighted by Gasteiger charge is -2.21. The van der Waals surface area contributed by atoms with E-state index in [1.54, 1.807) is 49.5 Å². The van der Waals surface area contributed by atoms with E-state index in [0.717, 1.165) is 17.7 Å². The van der Waals surface area contributed by atoms with Gasteiger partial charge in [-0.1, -0.05) is 6.07 Å². The van der Waals surface area contributed by atoms with Gasteiger partial charge in [0.1, 0.15) is 11.2 Å². The Morgan fingerprint density at radius 2 is 2.04 bits per heavy atom. The van der Waals surface area contributed by atoms with Gasteiger partial charge in [0, 0.05) is 11.9 Å². The predicted octanol–water partition coefficient (Wildman–Crippen LogP) is 2.49. The second-order valence-corrected chi connectivity index (χ2v) is 6.64. The van der Waals surface area contributed by atoms with Crippen LogP contribution in [0.25, 0.3) is 0 Å². The summed E-state index contributed by atoms with van der Waals surface area (Å²) in [4.78, 5) is 41.3. The first-order chi connectivity index (χ1) is 12.0. The van der Waals surface area contributed by atoms with Crippen LogP contribution in [-0.2, 0) is 4.79 Å². The number of amides is 4. The maximum absolute atomic E-state index is 12.8. The first-order valence-electron chi connectivity index (χ1n) is 8.20. The second kappa shape index (κ2) is 5.47. The van der Waals surface area contributed by atoms with Gasteiger partial charge in [-0.05, 0) is 56.0 Å². The topological polar surface area (TPSA) is 94.3 Å². The summed E-state index contributed by atoms with van der Waals surface area (Å²) in [6.07, 6.45) is 3.56. The van der Waals surface area contributed by atoms with Crippen molar-refractivity contribution in [2.45, 2.75) is 25.3 Å². The van der Waals surface area contributed by atoms with Crippen LogP contribution in [0.15, 0.2) is 42.6 Å². The van der Waals surface area contributed by atoms with Crippen LogP contribution in [0, 0.1) is 5.92 Å². The third-order valence-corrected chi connectivity index (χ3v) is 4.82. The second-order valence-electron chi connectivity index (χ2n) is 6.64. The number of urea groups is 1. The number of aromatic nitrogens is 1. The van der Waals surface area contributed by atoms with E-state index in [2.05, 4.69) is 15.6 Å². The summed E-state index contributed by atoms with van der Waals surface area (Å²) in [6.45, 7) is 1.78. The standard InChI is InChI=1S/C18H18N4O3/c1-18(11-7-8-11)16(24)22(17(25)21-18)13-5-2-4-12(10-13)20-15(23)14-6-3-9-19-14/h2-6,9-11,19H,7-8H2,1H3,(H,20,23)(H,21,25)/t18-/m0/s1. The number of carbonyl (C=O) groups is 3. The van der Waals surface area contributed by atoms with E-state index >= 15 is 0 Å². The molecular weight excluding hydrogens is 320 g/mol. The molecule has 2 heterocycles. The van der Waals surface area contributed by atoms with Crippen LogP contribution in [0.5, 0.6) is 0 Å². The van der Waals surface area contributed by atoms with Crippen molar-refractivity contribution in [2.24, 2.45) is 5.92 Å². The first-order valence-corrected chi connectivity index (χ1v) is 8.20. The molecule has 1 aliphatic heterocycles. The number of H-pyrrole nitrogens is 1. The zero-order valence-electron chi connectivity index (χ0n) is 13.7. The highest BCUT2D eigenvalue weighted by Gasteiger charge is 2.56. The van der Waals surface area contributed by atoms with E-state index in [-0.39, 0.29) is 17.7 Å². The normalized spacial score (nSPS) is 22.8. The van der Waals surface area contributed by atoms with Crippen LogP contribution in [0.2, 0.25) is 0 Å². The van der Waals surface area contributed by atoms with Crippen molar-refractivity contribution in [3.05, 3.63) is 48.3 Å². The number of hydrogen-bond donors (Lipinski definition) is 3. The van der Waals surface area contributed by atoms with E-state index in [1.165, 1.54) is 0 Å². The lowest BCUT2D eigenvalue weighted by atomic mass is 9.96. The van der Waals surface area contributed by atoms with Gasteiger partial charge in [-0.3, -0.25) is 9.59 Å². The number of rotatable bonds is 4. The Morgan fingerprint density at radius 3 is 2.72 bits per heavy atom. The van der Waals surface area contributed by atoms with Crippen LogP contribution < -0.4 is 15.5 Å². The Morgan fingerprint density at radius 1 is 1.24 bits per heavy atom. The van der Waals surface area contributed by atoms with Gasteiger partial charge in [-0.2, -0.15) is 0 Å². The van der Waals surface area contributed by atoms with E-state index in [1.807, 2.05) is 0 Å². The van der Waals surface area contributed by atoms with E-state index in [0.29, 0.717) is 17.1 Å². The highest BCUT2D eigenvalue weighted by molar-refractivity contribution is 6.23. The monoisotopic (exact) mass is 338 g/mol. The van der Waals surface area contributed by atoms with Gasteiger partial charge in [-0.15, -0.1) is 0 Å². The van der Waals surface area contributed by atoms with Gasteiger partial charge in [0.15, 0.2) is 0 Å². The van der Waals surface area contributed by atoms with Gasteiger partial charge in [0.2, 0.25) is 0 Å². The summed E-state index contributed by atoms with van der Waals surface area (Å²) in [6, 6.07) is 9.69. The number of nitrogens with zero attached hydrogens (tertiary/aromatic N) is 1. The molecule has 0 bridgehead atoms. The lowest BCUT2D eigenvalue weighted by Crippen LogP contribution is -2.46. The van der Waals surface area contributed by atoms with Gasteiger partial charge >= 0.3 is 6.03 Å². The average Bonchev–Trinajstić information content (AvgIpc) is 3.24. The fourth-order valence-electron chi connectivity index (χ4n) is 3.22. The third-order valence-electron chi connectivity index (χ3n) is 4.82. The molecule has 0 unspecified atom stereocenters. The summed E-state index contributed by atoms with van der Waals surface area (Å²) in [7, 11) is 0. The van der Waals surface area contributed by atoms with Crippen molar-refractivity contribution >= 4 is 29.2 Å². The predicted molar refractivity (Wildman–Crippen MR) is 92.3 cm³/mol. The molecule has 3 N–H and O–H groups in total. The van der Waals surface area contributed by atoms with Gasteiger partial charge in [0.05, 0.1) is 5.69 Å². The van der Waals surface area contributed by atoms with Gasteiger partial charge < -0.3 is 15.6 Å².